The highest BCUT2D eigenvalue weighted by Crippen LogP contribution is 2.45. The number of thiophene rings is 1. The molecule has 0 saturated heterocycles. The van der Waals surface area contributed by atoms with Gasteiger partial charge in [0.2, 0.25) is 0 Å². The second kappa shape index (κ2) is 15.2. The van der Waals surface area contributed by atoms with Crippen molar-refractivity contribution in [3.8, 4) is 0 Å². The van der Waals surface area contributed by atoms with Gasteiger partial charge in [-0.25, -0.2) is 0 Å². The number of aliphatic hydroxyl groups is 2. The number of aliphatic carboxylic acids is 1. The molecule has 5 rings (SSSR count). The van der Waals surface area contributed by atoms with Crippen LogP contribution in [0.15, 0.2) is 103 Å². The first kappa shape index (κ1) is 34.3. The van der Waals surface area contributed by atoms with Crippen LogP contribution in [0.3, 0.4) is 0 Å². The summed E-state index contributed by atoms with van der Waals surface area (Å²) in [6, 6.07) is 32.2. The molecule has 0 aliphatic heterocycles. The predicted octanol–water partition coefficient (Wildman–Crippen LogP) is 7.86. The minimum absolute atomic E-state index is 0.0540. The van der Waals surface area contributed by atoms with Crippen molar-refractivity contribution in [2.24, 2.45) is 11.8 Å². The Kier molecular flexibility index (Phi) is 11.3. The Balaban J connectivity index is 1.48. The Morgan fingerprint density at radius 3 is 2.13 bits per heavy atom. The fraction of sp³-hybridized carbons (Fsp3) is 0.410. The van der Waals surface area contributed by atoms with Crippen LogP contribution in [0.2, 0.25) is 5.04 Å². The summed E-state index contributed by atoms with van der Waals surface area (Å²) in [5, 5.41) is 34.6. The number of hydrogen-bond donors (Lipinski definition) is 3. The van der Waals surface area contributed by atoms with E-state index in [9.17, 15) is 15.0 Å². The molecule has 1 heterocycles. The lowest BCUT2D eigenvalue weighted by Crippen LogP contribution is -2.66. The summed E-state index contributed by atoms with van der Waals surface area (Å²) in [5.41, 5.74) is 0. The molecule has 4 aromatic rings. The second-order valence-corrected chi connectivity index (χ2v) is 19.1. The summed E-state index contributed by atoms with van der Waals surface area (Å²) in [5.74, 6) is -0.892. The van der Waals surface area contributed by atoms with Crippen LogP contribution in [-0.4, -0.2) is 41.8 Å². The van der Waals surface area contributed by atoms with Crippen LogP contribution in [-0.2, 0) is 9.22 Å². The fourth-order valence-corrected chi connectivity index (χ4v) is 13.2. The third-order valence-corrected chi connectivity index (χ3v) is 15.9. The van der Waals surface area contributed by atoms with Crippen LogP contribution in [0.4, 0.5) is 0 Å². The van der Waals surface area contributed by atoms with Gasteiger partial charge >= 0.3 is 5.97 Å². The first-order chi connectivity index (χ1) is 22.1. The third kappa shape index (κ3) is 7.72. The number of fused-ring (bicyclic) bond motifs is 1. The highest BCUT2D eigenvalue weighted by atomic mass is 32.1. The number of aliphatic hydroxyl groups excluding tert-OH is 2. The van der Waals surface area contributed by atoms with Crippen molar-refractivity contribution in [2.45, 2.75) is 89.1 Å². The van der Waals surface area contributed by atoms with Gasteiger partial charge in [-0.15, -0.1) is 11.3 Å². The Hall–Kier alpha value is -3.07. The number of allylic oxidation sites excluding steroid dienone is 2. The summed E-state index contributed by atoms with van der Waals surface area (Å²) in [7, 11) is -2.87. The van der Waals surface area contributed by atoms with Crippen molar-refractivity contribution in [3.05, 3.63) is 108 Å². The van der Waals surface area contributed by atoms with Gasteiger partial charge in [-0.2, -0.15) is 0 Å². The van der Waals surface area contributed by atoms with Crippen LogP contribution in [0.5, 0.6) is 0 Å². The maximum atomic E-state index is 11.2. The molecule has 1 aliphatic carbocycles. The normalized spacial score (nSPS) is 21.2. The quantitative estimate of drug-likeness (QED) is 0.0731. The molecule has 1 aromatic heterocycles. The van der Waals surface area contributed by atoms with E-state index in [-0.39, 0.29) is 29.4 Å². The van der Waals surface area contributed by atoms with Gasteiger partial charge in [0.05, 0.1) is 18.3 Å². The summed E-state index contributed by atoms with van der Waals surface area (Å²) < 4.78 is 8.97. The van der Waals surface area contributed by atoms with Crippen LogP contribution < -0.4 is 10.4 Å². The summed E-state index contributed by atoms with van der Waals surface area (Å²) in [6.07, 6.45) is 6.70. The van der Waals surface area contributed by atoms with E-state index in [0.717, 1.165) is 12.8 Å². The number of carbonyl (C=O) groups is 1. The summed E-state index contributed by atoms with van der Waals surface area (Å²) in [6.45, 7) is 6.91. The second-order valence-electron chi connectivity index (χ2n) is 13.7. The van der Waals surface area contributed by atoms with E-state index in [1.54, 1.807) is 11.3 Å². The van der Waals surface area contributed by atoms with E-state index in [1.807, 2.05) is 6.08 Å². The Morgan fingerprint density at radius 1 is 0.913 bits per heavy atom. The van der Waals surface area contributed by atoms with Crippen LogP contribution in [0.1, 0.15) is 76.7 Å². The lowest BCUT2D eigenvalue weighted by Gasteiger charge is -2.45. The van der Waals surface area contributed by atoms with Crippen LogP contribution in [0, 0.1) is 11.8 Å². The molecule has 0 unspecified atom stereocenters. The van der Waals surface area contributed by atoms with Gasteiger partial charge in [0.1, 0.15) is 0 Å². The van der Waals surface area contributed by atoms with E-state index in [2.05, 4.69) is 118 Å². The molecule has 46 heavy (non-hydrogen) atoms. The Labute approximate surface area is 278 Å². The monoisotopic (exact) mass is 656 g/mol. The number of hydrogen-bond acceptors (Lipinski definition) is 5. The van der Waals surface area contributed by atoms with Gasteiger partial charge in [-0.1, -0.05) is 112 Å². The van der Waals surface area contributed by atoms with Gasteiger partial charge < -0.3 is 19.7 Å². The molecule has 0 spiro atoms. The summed E-state index contributed by atoms with van der Waals surface area (Å²) in [4.78, 5) is 12.0. The average Bonchev–Trinajstić information content (AvgIpc) is 3.58. The lowest BCUT2D eigenvalue weighted by molar-refractivity contribution is -0.137. The number of carboxylic acid groups (broad SMARTS) is 1. The first-order valence-electron chi connectivity index (χ1n) is 16.6. The van der Waals surface area contributed by atoms with Crippen LogP contribution >= 0.6 is 11.3 Å². The standard InChI is InChI=1S/C39H48O5SSi/c1-39(2,3)46(29-17-8-6-9-18-29,30-19-10-7-11-20-30)44-35(37-26-28-16-14-15-22-36(28)45-37)25-24-32-31(33(40)27-34(32)41)21-12-4-5-13-23-38(42)43/h4,6-12,14-20,22,26,31-35,40-41H,5,13,21,23-25,27H2,1-3H3,(H,42,43)/b12-4-/t31-,32-,33+,34-,35-/m1/s1. The Bertz CT molecular complexity index is 1510. The highest BCUT2D eigenvalue weighted by molar-refractivity contribution is 7.19. The molecule has 7 heteroatoms. The van der Waals surface area contributed by atoms with Gasteiger partial charge in [0, 0.05) is 16.0 Å². The SMILES string of the molecule is CC(C)(C)[Si](O[C@H](CC[C@@H]1[C@@H](C/C=C\CCCC(=O)O)[C@@H](O)C[C@H]1O)c1cc2ccccc2s1)(c1ccccc1)c1ccccc1. The lowest BCUT2D eigenvalue weighted by atomic mass is 9.86. The first-order valence-corrected chi connectivity index (χ1v) is 19.3. The molecule has 5 atom stereocenters. The van der Waals surface area contributed by atoms with Crippen molar-refractivity contribution in [2.75, 3.05) is 0 Å². The zero-order chi connectivity index (χ0) is 32.7. The molecule has 0 amide bonds. The van der Waals surface area contributed by atoms with Crippen molar-refractivity contribution in [1.29, 1.82) is 0 Å². The smallest absolute Gasteiger partial charge is 0.303 e. The molecular formula is C39H48O5SSi. The minimum atomic E-state index is -2.87. The average molecular weight is 657 g/mol. The zero-order valence-corrected chi connectivity index (χ0v) is 29.0. The number of carboxylic acids is 1. The van der Waals surface area contributed by atoms with Gasteiger partial charge in [0.15, 0.2) is 0 Å². The molecule has 1 aliphatic rings. The van der Waals surface area contributed by atoms with Crippen molar-refractivity contribution in [1.82, 2.24) is 0 Å². The fourth-order valence-electron chi connectivity index (χ4n) is 7.32. The molecule has 0 bridgehead atoms. The van der Waals surface area contributed by atoms with Crippen molar-refractivity contribution < 1.29 is 24.5 Å². The van der Waals surface area contributed by atoms with Gasteiger partial charge in [-0.3, -0.25) is 4.79 Å². The van der Waals surface area contributed by atoms with Crippen LogP contribution in [0.25, 0.3) is 10.1 Å². The molecule has 3 N–H and O–H groups in total. The van der Waals surface area contributed by atoms with E-state index >= 15 is 0 Å². The minimum Gasteiger partial charge on any atom is -0.481 e. The molecule has 244 valence electrons. The maximum Gasteiger partial charge on any atom is 0.303 e. The van der Waals surface area contributed by atoms with Crippen molar-refractivity contribution >= 4 is 46.1 Å². The maximum absolute atomic E-state index is 11.2. The molecular weight excluding hydrogens is 609 g/mol. The third-order valence-electron chi connectivity index (χ3n) is 9.62. The van der Waals surface area contributed by atoms with E-state index in [1.165, 1.54) is 25.3 Å². The summed E-state index contributed by atoms with van der Waals surface area (Å²) >= 11 is 1.79. The number of rotatable bonds is 14. The zero-order valence-electron chi connectivity index (χ0n) is 27.2. The van der Waals surface area contributed by atoms with Crippen molar-refractivity contribution in [3.63, 3.8) is 0 Å². The molecule has 3 aromatic carbocycles. The Morgan fingerprint density at radius 2 is 1.52 bits per heavy atom. The highest BCUT2D eigenvalue weighted by Gasteiger charge is 2.52. The largest absolute Gasteiger partial charge is 0.481 e. The van der Waals surface area contributed by atoms with Gasteiger partial charge in [0.25, 0.3) is 8.32 Å². The van der Waals surface area contributed by atoms with E-state index in [4.69, 9.17) is 9.53 Å². The number of benzene rings is 3. The molecule has 5 nitrogen and oxygen atoms in total. The van der Waals surface area contributed by atoms with Gasteiger partial charge in [-0.05, 0) is 83.3 Å². The molecule has 1 saturated carbocycles. The molecule has 1 fully saturated rings. The number of unbranched alkanes of at least 4 members (excludes halogenated alkanes) is 1. The van der Waals surface area contributed by atoms with E-state index in [0.29, 0.717) is 25.7 Å². The van der Waals surface area contributed by atoms with E-state index < -0.39 is 26.5 Å². The topological polar surface area (TPSA) is 87.0 Å². The molecule has 0 radical (unpaired) electrons. The predicted molar refractivity (Wildman–Crippen MR) is 191 cm³/mol.